The summed E-state index contributed by atoms with van der Waals surface area (Å²) in [7, 11) is 0. The van der Waals surface area contributed by atoms with E-state index in [0.29, 0.717) is 18.1 Å². The van der Waals surface area contributed by atoms with E-state index in [9.17, 15) is 9.90 Å². The molecule has 1 N–H and O–H groups in total. The van der Waals surface area contributed by atoms with E-state index < -0.39 is 5.97 Å². The van der Waals surface area contributed by atoms with E-state index >= 15 is 0 Å². The van der Waals surface area contributed by atoms with Crippen LogP contribution in [0.25, 0.3) is 0 Å². The molecule has 110 valence electrons. The zero-order valence-electron chi connectivity index (χ0n) is 11.7. The summed E-state index contributed by atoms with van der Waals surface area (Å²) in [4.78, 5) is 19.2. The van der Waals surface area contributed by atoms with Gasteiger partial charge in [-0.1, -0.05) is 31.5 Å². The second kappa shape index (κ2) is 7.23. The van der Waals surface area contributed by atoms with Crippen molar-refractivity contribution < 1.29 is 14.6 Å². The average Bonchev–Trinajstić information content (AvgIpc) is 2.48. The number of carboxylic acid groups (broad SMARTS) is 1. The van der Waals surface area contributed by atoms with Crippen molar-refractivity contribution in [1.29, 1.82) is 0 Å². The Morgan fingerprint density at radius 3 is 2.90 bits per heavy atom. The first-order chi connectivity index (χ1) is 10.2. The quantitative estimate of drug-likeness (QED) is 0.780. The maximum absolute atomic E-state index is 11.0. The van der Waals surface area contributed by atoms with Crippen LogP contribution < -0.4 is 15.2 Å². The molecule has 0 fully saturated rings. The Labute approximate surface area is 122 Å². The van der Waals surface area contributed by atoms with Crippen molar-refractivity contribution in [3.05, 3.63) is 42.1 Å². The largest absolute Gasteiger partial charge is 0.545 e. The third-order valence-corrected chi connectivity index (χ3v) is 2.77. The van der Waals surface area contributed by atoms with Crippen molar-refractivity contribution in [1.82, 2.24) is 9.97 Å². The molecule has 0 aliphatic rings. The lowest BCUT2D eigenvalue weighted by Crippen LogP contribution is -2.23. The van der Waals surface area contributed by atoms with Crippen LogP contribution in [0.2, 0.25) is 0 Å². The molecule has 0 aliphatic carbocycles. The molecule has 0 bridgehead atoms. The van der Waals surface area contributed by atoms with E-state index in [4.69, 9.17) is 4.74 Å². The highest BCUT2D eigenvalue weighted by Crippen LogP contribution is 2.19. The molecule has 6 heteroatoms. The minimum Gasteiger partial charge on any atom is -0.545 e. The number of unbranched alkanes of at least 4 members (excludes halogenated alkanes) is 1. The molecule has 6 nitrogen and oxygen atoms in total. The lowest BCUT2D eigenvalue weighted by Gasteiger charge is -2.12. The maximum atomic E-state index is 11.0. The van der Waals surface area contributed by atoms with Gasteiger partial charge in [0, 0.05) is 17.4 Å². The van der Waals surface area contributed by atoms with E-state index in [2.05, 4.69) is 22.2 Å². The second-order valence-electron chi connectivity index (χ2n) is 4.38. The van der Waals surface area contributed by atoms with Gasteiger partial charge in [-0.25, -0.2) is 4.98 Å². The monoisotopic (exact) mass is 286 g/mol. The van der Waals surface area contributed by atoms with Crippen molar-refractivity contribution in [2.24, 2.45) is 0 Å². The minimum absolute atomic E-state index is 0.0737. The summed E-state index contributed by atoms with van der Waals surface area (Å²) in [5.74, 6) is -0.781. The van der Waals surface area contributed by atoms with Crippen LogP contribution in [0.3, 0.4) is 0 Å². The Bertz CT molecular complexity index is 617. The number of nitrogens with one attached hydrogen (secondary N) is 1. The van der Waals surface area contributed by atoms with Gasteiger partial charge < -0.3 is 20.0 Å². The number of carboxylic acids is 1. The summed E-state index contributed by atoms with van der Waals surface area (Å²) in [5, 5.41) is 14.0. The summed E-state index contributed by atoms with van der Waals surface area (Å²) in [6.45, 7) is 2.62. The van der Waals surface area contributed by atoms with E-state index in [1.807, 2.05) is 0 Å². The molecule has 0 spiro atoms. The lowest BCUT2D eigenvalue weighted by molar-refractivity contribution is -0.254. The molecular formula is C15H16N3O3-. The van der Waals surface area contributed by atoms with Gasteiger partial charge in [-0.15, -0.1) is 0 Å². The molecule has 0 amide bonds. The van der Waals surface area contributed by atoms with E-state index in [1.165, 1.54) is 6.07 Å². The normalized spacial score (nSPS) is 10.1. The summed E-state index contributed by atoms with van der Waals surface area (Å²) >= 11 is 0. The third kappa shape index (κ3) is 4.17. The van der Waals surface area contributed by atoms with Crippen molar-refractivity contribution in [3.8, 4) is 6.01 Å². The van der Waals surface area contributed by atoms with Gasteiger partial charge in [0.25, 0.3) is 0 Å². The summed E-state index contributed by atoms with van der Waals surface area (Å²) in [6, 6.07) is 8.38. The Balaban J connectivity index is 2.13. The minimum atomic E-state index is -1.24. The van der Waals surface area contributed by atoms with Crippen LogP contribution in [0.5, 0.6) is 6.01 Å². The molecule has 1 aromatic heterocycles. The fourth-order valence-corrected chi connectivity index (χ4v) is 1.70. The van der Waals surface area contributed by atoms with Crippen molar-refractivity contribution in [3.63, 3.8) is 0 Å². The molecule has 1 aromatic carbocycles. The molecule has 2 rings (SSSR count). The molecular weight excluding hydrogens is 270 g/mol. The van der Waals surface area contributed by atoms with E-state index in [0.717, 1.165) is 12.8 Å². The first-order valence-electron chi connectivity index (χ1n) is 6.74. The number of nitrogens with zero attached hydrogens (tertiary/aromatic N) is 2. The first-order valence-corrected chi connectivity index (χ1v) is 6.74. The Kier molecular flexibility index (Phi) is 5.09. The molecule has 0 saturated carbocycles. The fourth-order valence-electron chi connectivity index (χ4n) is 1.70. The van der Waals surface area contributed by atoms with Crippen molar-refractivity contribution in [2.45, 2.75) is 19.8 Å². The van der Waals surface area contributed by atoms with Crippen LogP contribution in [-0.4, -0.2) is 22.5 Å². The molecule has 0 radical (unpaired) electrons. The standard InChI is InChI=1S/C15H17N3O3/c1-2-3-10-21-15-16-9-8-13(18-15)17-12-7-5-4-6-11(12)14(19)20/h4-9H,2-3,10H2,1H3,(H,19,20)(H,16,17,18)/p-1. The number of aromatic nitrogens is 2. The second-order valence-corrected chi connectivity index (χ2v) is 4.38. The zero-order chi connectivity index (χ0) is 15.1. The van der Waals surface area contributed by atoms with Crippen LogP contribution in [0.1, 0.15) is 30.1 Å². The number of benzene rings is 1. The number of carbonyl (C=O) groups excluding carboxylic acids is 1. The van der Waals surface area contributed by atoms with Gasteiger partial charge in [0.1, 0.15) is 5.82 Å². The van der Waals surface area contributed by atoms with Gasteiger partial charge in [-0.2, -0.15) is 4.98 Å². The predicted molar refractivity (Wildman–Crippen MR) is 76.5 cm³/mol. The lowest BCUT2D eigenvalue weighted by atomic mass is 10.2. The number of aromatic carboxylic acids is 1. The zero-order valence-corrected chi connectivity index (χ0v) is 11.7. The number of ether oxygens (including phenoxy) is 1. The molecule has 0 atom stereocenters. The number of para-hydroxylation sites is 1. The van der Waals surface area contributed by atoms with Gasteiger partial charge in [0.2, 0.25) is 0 Å². The number of carbonyl (C=O) groups is 1. The topological polar surface area (TPSA) is 87.2 Å². The van der Waals surface area contributed by atoms with Crippen LogP contribution in [0.4, 0.5) is 11.5 Å². The van der Waals surface area contributed by atoms with Crippen molar-refractivity contribution in [2.75, 3.05) is 11.9 Å². The highest BCUT2D eigenvalue weighted by Gasteiger charge is 2.05. The summed E-state index contributed by atoms with van der Waals surface area (Å²) in [5.41, 5.74) is 0.486. The summed E-state index contributed by atoms with van der Waals surface area (Å²) in [6.07, 6.45) is 3.50. The highest BCUT2D eigenvalue weighted by molar-refractivity contribution is 5.93. The average molecular weight is 286 g/mol. The van der Waals surface area contributed by atoms with Crippen LogP contribution in [-0.2, 0) is 0 Å². The van der Waals surface area contributed by atoms with E-state index in [-0.39, 0.29) is 11.6 Å². The summed E-state index contributed by atoms with van der Waals surface area (Å²) < 4.78 is 5.41. The van der Waals surface area contributed by atoms with Gasteiger partial charge >= 0.3 is 6.01 Å². The number of hydrogen-bond donors (Lipinski definition) is 1. The van der Waals surface area contributed by atoms with Gasteiger partial charge in [-0.05, 0) is 18.6 Å². The molecule has 0 aliphatic heterocycles. The SMILES string of the molecule is CCCCOc1nccc(Nc2ccccc2C(=O)[O-])n1. The Morgan fingerprint density at radius 2 is 2.14 bits per heavy atom. The maximum Gasteiger partial charge on any atom is 0.318 e. The van der Waals surface area contributed by atoms with Gasteiger partial charge in [0.15, 0.2) is 0 Å². The third-order valence-electron chi connectivity index (χ3n) is 2.77. The van der Waals surface area contributed by atoms with Crippen LogP contribution in [0, 0.1) is 0 Å². The molecule has 0 saturated heterocycles. The number of rotatable bonds is 7. The van der Waals surface area contributed by atoms with Crippen LogP contribution in [0.15, 0.2) is 36.5 Å². The van der Waals surface area contributed by atoms with Crippen LogP contribution >= 0.6 is 0 Å². The van der Waals surface area contributed by atoms with E-state index in [1.54, 1.807) is 30.5 Å². The fraction of sp³-hybridized carbons (Fsp3) is 0.267. The first kappa shape index (κ1) is 14.8. The Morgan fingerprint density at radius 1 is 1.33 bits per heavy atom. The molecule has 2 aromatic rings. The predicted octanol–water partition coefficient (Wildman–Crippen LogP) is 1.76. The smallest absolute Gasteiger partial charge is 0.318 e. The molecule has 0 unspecified atom stereocenters. The molecule has 1 heterocycles. The van der Waals surface area contributed by atoms with Crippen molar-refractivity contribution >= 4 is 17.5 Å². The molecule has 21 heavy (non-hydrogen) atoms. The van der Waals surface area contributed by atoms with Gasteiger partial charge in [-0.3, -0.25) is 0 Å². The Hall–Kier alpha value is -2.63. The van der Waals surface area contributed by atoms with Gasteiger partial charge in [0.05, 0.1) is 12.6 Å². The number of anilines is 2. The number of hydrogen-bond acceptors (Lipinski definition) is 6. The highest BCUT2D eigenvalue weighted by atomic mass is 16.5.